The average molecular weight is 474 g/mol. The van der Waals surface area contributed by atoms with Crippen LogP contribution in [0.4, 0.5) is 18.9 Å². The molecule has 3 aromatic carbocycles. The molecule has 0 radical (unpaired) electrons. The number of carbonyl (C=O) groups excluding carboxylic acids is 2. The summed E-state index contributed by atoms with van der Waals surface area (Å²) in [4.78, 5) is 24.6. The molecule has 2 amide bonds. The van der Waals surface area contributed by atoms with Gasteiger partial charge in [-0.2, -0.15) is 13.2 Å². The van der Waals surface area contributed by atoms with Crippen LogP contribution in [0.1, 0.15) is 38.6 Å². The summed E-state index contributed by atoms with van der Waals surface area (Å²) in [5.74, 6) is 0.00440. The van der Waals surface area contributed by atoms with E-state index in [1.54, 1.807) is 18.2 Å². The third kappa shape index (κ3) is 3.83. The Morgan fingerprint density at radius 2 is 1.74 bits per heavy atom. The van der Waals surface area contributed by atoms with E-state index in [1.165, 1.54) is 36.4 Å². The number of primary amides is 1. The maximum absolute atomic E-state index is 13.9. The van der Waals surface area contributed by atoms with Crippen molar-refractivity contribution in [3.05, 3.63) is 77.4 Å². The fraction of sp³-hybridized carbons (Fsp3) is 0.200. The van der Waals surface area contributed by atoms with Gasteiger partial charge in [-0.05, 0) is 65.9 Å². The second-order valence-corrected chi connectivity index (χ2v) is 8.31. The monoisotopic (exact) mass is 474 g/mol. The van der Waals surface area contributed by atoms with Crippen LogP contribution in [-0.2, 0) is 16.4 Å². The molecule has 34 heavy (non-hydrogen) atoms. The molecule has 0 aromatic heterocycles. The third-order valence-electron chi connectivity index (χ3n) is 6.15. The Morgan fingerprint density at radius 3 is 2.44 bits per heavy atom. The Morgan fingerprint density at radius 1 is 0.971 bits per heavy atom. The van der Waals surface area contributed by atoms with Crippen LogP contribution in [0.5, 0.6) is 11.5 Å². The van der Waals surface area contributed by atoms with Gasteiger partial charge in [0, 0.05) is 15.5 Å². The van der Waals surface area contributed by atoms with Crippen molar-refractivity contribution in [2.45, 2.75) is 24.4 Å². The molecule has 1 fully saturated rings. The van der Waals surface area contributed by atoms with Gasteiger partial charge in [-0.25, -0.2) is 0 Å². The number of alkyl halides is 3. The Hall–Kier alpha value is -4.01. The zero-order valence-corrected chi connectivity index (χ0v) is 17.7. The molecule has 1 aliphatic heterocycles. The van der Waals surface area contributed by atoms with Gasteiger partial charge in [0.05, 0.1) is 11.0 Å². The van der Waals surface area contributed by atoms with Crippen molar-refractivity contribution >= 4 is 17.5 Å². The van der Waals surface area contributed by atoms with E-state index in [2.05, 4.69) is 5.32 Å². The summed E-state index contributed by atoms with van der Waals surface area (Å²) in [6.07, 6.45) is -3.54. The van der Waals surface area contributed by atoms with E-state index in [-0.39, 0.29) is 39.4 Å². The van der Waals surface area contributed by atoms with E-state index in [0.29, 0.717) is 24.3 Å². The van der Waals surface area contributed by atoms with Crippen molar-refractivity contribution in [3.63, 3.8) is 0 Å². The first-order valence-corrected chi connectivity index (χ1v) is 10.5. The molecular weight excluding hydrogens is 449 g/mol. The van der Waals surface area contributed by atoms with Gasteiger partial charge in [0.15, 0.2) is 11.5 Å². The first-order valence-electron chi connectivity index (χ1n) is 10.5. The number of ether oxygens (including phenoxy) is 2. The SMILES string of the molecule is NC(=O)c1cccc(-c2ccc(NC(=O)C3(c4ccc5c(c4)OCO5)CC3)cc2C(F)(F)F)c1.[HH].[HH].[HH]. The zero-order chi connectivity index (χ0) is 24.1. The number of nitrogens with one attached hydrogen (secondary N) is 1. The van der Waals surface area contributed by atoms with Gasteiger partial charge in [-0.1, -0.05) is 24.3 Å². The molecule has 3 N–H and O–H groups in total. The fourth-order valence-electron chi connectivity index (χ4n) is 4.17. The highest BCUT2D eigenvalue weighted by Crippen LogP contribution is 2.51. The molecule has 3 aromatic rings. The summed E-state index contributed by atoms with van der Waals surface area (Å²) < 4.78 is 52.4. The quantitative estimate of drug-likeness (QED) is 0.503. The van der Waals surface area contributed by atoms with E-state index in [1.807, 2.05) is 0 Å². The van der Waals surface area contributed by atoms with Crippen molar-refractivity contribution in [1.82, 2.24) is 0 Å². The molecule has 5 rings (SSSR count). The smallest absolute Gasteiger partial charge is 0.417 e. The average Bonchev–Trinajstić information content (AvgIpc) is 3.49. The first-order chi connectivity index (χ1) is 16.2. The van der Waals surface area contributed by atoms with Crippen LogP contribution in [-0.4, -0.2) is 18.6 Å². The number of carbonyl (C=O) groups is 2. The number of rotatable bonds is 5. The molecule has 9 heteroatoms. The van der Waals surface area contributed by atoms with E-state index in [0.717, 1.165) is 11.6 Å². The highest BCUT2D eigenvalue weighted by Gasteiger charge is 2.51. The van der Waals surface area contributed by atoms with E-state index < -0.39 is 23.1 Å². The molecular formula is C25H25F3N2O4. The van der Waals surface area contributed by atoms with Gasteiger partial charge in [-0.15, -0.1) is 0 Å². The van der Waals surface area contributed by atoms with E-state index >= 15 is 0 Å². The summed E-state index contributed by atoms with van der Waals surface area (Å²) >= 11 is 0. The number of anilines is 1. The number of hydrogen-bond donors (Lipinski definition) is 2. The largest absolute Gasteiger partial charge is 0.454 e. The molecule has 1 saturated carbocycles. The van der Waals surface area contributed by atoms with Gasteiger partial charge in [0.2, 0.25) is 18.6 Å². The van der Waals surface area contributed by atoms with Crippen molar-refractivity contribution < 1.29 is 36.5 Å². The number of fused-ring (bicyclic) bond motifs is 1. The Labute approximate surface area is 196 Å². The number of halogens is 3. The molecule has 0 saturated heterocycles. The van der Waals surface area contributed by atoms with Crippen LogP contribution >= 0.6 is 0 Å². The molecule has 1 aliphatic carbocycles. The van der Waals surface area contributed by atoms with Gasteiger partial charge in [-0.3, -0.25) is 9.59 Å². The van der Waals surface area contributed by atoms with Crippen LogP contribution in [0.2, 0.25) is 0 Å². The summed E-state index contributed by atoms with van der Waals surface area (Å²) in [6, 6.07) is 14.5. The number of hydrogen-bond acceptors (Lipinski definition) is 4. The van der Waals surface area contributed by atoms with Crippen molar-refractivity contribution in [3.8, 4) is 22.6 Å². The maximum atomic E-state index is 13.9. The minimum atomic E-state index is -4.69. The molecule has 0 unspecified atom stereocenters. The fourth-order valence-corrected chi connectivity index (χ4v) is 4.17. The normalized spacial score (nSPS) is 15.6. The van der Waals surface area contributed by atoms with Crippen LogP contribution in [0.25, 0.3) is 11.1 Å². The topological polar surface area (TPSA) is 90.7 Å². The van der Waals surface area contributed by atoms with E-state index in [9.17, 15) is 22.8 Å². The highest BCUT2D eigenvalue weighted by molar-refractivity contribution is 6.02. The summed E-state index contributed by atoms with van der Waals surface area (Å²) in [5.41, 5.74) is 4.44. The van der Waals surface area contributed by atoms with Crippen molar-refractivity contribution in [1.29, 1.82) is 0 Å². The molecule has 6 nitrogen and oxygen atoms in total. The van der Waals surface area contributed by atoms with E-state index in [4.69, 9.17) is 15.2 Å². The second-order valence-electron chi connectivity index (χ2n) is 8.31. The van der Waals surface area contributed by atoms with Crippen molar-refractivity contribution in [2.75, 3.05) is 12.1 Å². The van der Waals surface area contributed by atoms with Crippen LogP contribution in [0.3, 0.4) is 0 Å². The molecule has 0 atom stereocenters. The zero-order valence-electron chi connectivity index (χ0n) is 17.7. The molecule has 180 valence electrons. The number of benzene rings is 3. The third-order valence-corrected chi connectivity index (χ3v) is 6.15. The standard InChI is InChI=1S/C25H19F3N2O4.3H2/c26-25(27,28)19-12-17(5-6-18(19)14-2-1-3-15(10-14)22(29)31)30-23(32)24(8-9-24)16-4-7-20-21(11-16)34-13-33-20;;;/h1-7,10-12H,8-9,13H2,(H2,29,31)(H,30,32);3*1H. The Balaban J connectivity index is 0.00000160. The van der Waals surface area contributed by atoms with Crippen molar-refractivity contribution in [2.24, 2.45) is 5.73 Å². The minimum Gasteiger partial charge on any atom is -0.454 e. The van der Waals surface area contributed by atoms with Gasteiger partial charge < -0.3 is 20.5 Å². The van der Waals surface area contributed by atoms with Crippen LogP contribution < -0.4 is 20.5 Å². The lowest BCUT2D eigenvalue weighted by Gasteiger charge is -2.19. The van der Waals surface area contributed by atoms with Gasteiger partial charge in [0.25, 0.3) is 0 Å². The lowest BCUT2D eigenvalue weighted by molar-refractivity contribution is -0.137. The molecule has 0 spiro atoms. The predicted molar refractivity (Wildman–Crippen MR) is 124 cm³/mol. The number of nitrogens with two attached hydrogens (primary N) is 1. The van der Waals surface area contributed by atoms with Crippen LogP contribution in [0.15, 0.2) is 60.7 Å². The first kappa shape index (κ1) is 21.8. The minimum absolute atomic E-state index is 0. The Kier molecular flexibility index (Phi) is 5.00. The maximum Gasteiger partial charge on any atom is 0.417 e. The molecule has 1 heterocycles. The summed E-state index contributed by atoms with van der Waals surface area (Å²) in [6.45, 7) is 0.104. The lowest BCUT2D eigenvalue weighted by atomic mass is 9.94. The molecule has 0 bridgehead atoms. The van der Waals surface area contributed by atoms with Gasteiger partial charge in [0.1, 0.15) is 0 Å². The summed E-state index contributed by atoms with van der Waals surface area (Å²) in [7, 11) is 0. The van der Waals surface area contributed by atoms with Crippen LogP contribution in [0, 0.1) is 0 Å². The Bertz CT molecular complexity index is 1330. The predicted octanol–water partition coefficient (Wildman–Crippen LogP) is 5.61. The van der Waals surface area contributed by atoms with Gasteiger partial charge >= 0.3 is 6.18 Å². The summed E-state index contributed by atoms with van der Waals surface area (Å²) in [5, 5.41) is 2.65. The molecule has 2 aliphatic rings. The number of amides is 2. The second kappa shape index (κ2) is 7.79. The highest BCUT2D eigenvalue weighted by atomic mass is 19.4. The lowest BCUT2D eigenvalue weighted by Crippen LogP contribution is -2.28.